The lowest BCUT2D eigenvalue weighted by molar-refractivity contribution is 0.197. The van der Waals surface area contributed by atoms with Crippen molar-refractivity contribution in [2.24, 2.45) is 5.41 Å². The van der Waals surface area contributed by atoms with E-state index in [2.05, 4.69) is 51.2 Å². The van der Waals surface area contributed by atoms with Gasteiger partial charge in [-0.25, -0.2) is 0 Å². The van der Waals surface area contributed by atoms with Crippen molar-refractivity contribution < 1.29 is 0 Å². The Morgan fingerprint density at radius 1 is 1.22 bits per heavy atom. The van der Waals surface area contributed by atoms with Crippen LogP contribution >= 0.6 is 0 Å². The summed E-state index contributed by atoms with van der Waals surface area (Å²) < 4.78 is 0. The third-order valence-corrected chi connectivity index (χ3v) is 4.42. The Morgan fingerprint density at radius 2 is 1.89 bits per heavy atom. The second kappa shape index (κ2) is 5.44. The molecule has 0 aromatic heterocycles. The lowest BCUT2D eigenvalue weighted by Crippen LogP contribution is -2.37. The molecule has 1 aliphatic rings. The molecule has 0 bridgehead atoms. The number of rotatable bonds is 3. The summed E-state index contributed by atoms with van der Waals surface area (Å²) in [6, 6.07) is 7.29. The minimum absolute atomic E-state index is 0.524. The summed E-state index contributed by atoms with van der Waals surface area (Å²) in [5.41, 5.74) is 4.84. The highest BCUT2D eigenvalue weighted by Gasteiger charge is 2.27. The largest absolute Gasteiger partial charge is 0.310 e. The molecule has 1 aromatic carbocycles. The van der Waals surface area contributed by atoms with E-state index < -0.39 is 0 Å². The van der Waals surface area contributed by atoms with Crippen LogP contribution in [-0.2, 0) is 6.54 Å². The minimum atomic E-state index is 0.524. The predicted molar refractivity (Wildman–Crippen MR) is 78.8 cm³/mol. The zero-order valence-corrected chi connectivity index (χ0v) is 12.3. The molecular weight excluding hydrogens is 218 g/mol. The second-order valence-electron chi connectivity index (χ2n) is 6.71. The van der Waals surface area contributed by atoms with Gasteiger partial charge in [0.2, 0.25) is 0 Å². The van der Waals surface area contributed by atoms with Gasteiger partial charge < -0.3 is 5.32 Å². The first-order valence-corrected chi connectivity index (χ1v) is 7.26. The third kappa shape index (κ3) is 3.35. The Morgan fingerprint density at radius 3 is 2.50 bits per heavy atom. The van der Waals surface area contributed by atoms with Crippen molar-refractivity contribution in [3.63, 3.8) is 0 Å². The van der Waals surface area contributed by atoms with Gasteiger partial charge in [-0.2, -0.15) is 0 Å². The average Bonchev–Trinajstić information content (AvgIpc) is 2.27. The summed E-state index contributed by atoms with van der Waals surface area (Å²) in [6.45, 7) is 10.3. The van der Waals surface area contributed by atoms with Crippen LogP contribution in [0, 0.1) is 19.3 Å². The van der Waals surface area contributed by atoms with Crippen molar-refractivity contribution in [2.75, 3.05) is 0 Å². The van der Waals surface area contributed by atoms with E-state index in [9.17, 15) is 0 Å². The molecule has 1 N–H and O–H groups in total. The van der Waals surface area contributed by atoms with Crippen LogP contribution in [0.25, 0.3) is 0 Å². The second-order valence-corrected chi connectivity index (χ2v) is 6.71. The molecule has 1 atom stereocenters. The van der Waals surface area contributed by atoms with E-state index in [1.165, 1.54) is 42.4 Å². The maximum absolute atomic E-state index is 3.78. The van der Waals surface area contributed by atoms with Crippen molar-refractivity contribution in [3.05, 3.63) is 34.9 Å². The predicted octanol–water partition coefficient (Wildman–Crippen LogP) is 4.36. The lowest BCUT2D eigenvalue weighted by atomic mass is 9.75. The van der Waals surface area contributed by atoms with Crippen molar-refractivity contribution in [1.29, 1.82) is 0 Å². The molecule has 1 aliphatic carbocycles. The summed E-state index contributed by atoms with van der Waals surface area (Å²) >= 11 is 0. The zero-order chi connectivity index (χ0) is 13.2. The summed E-state index contributed by atoms with van der Waals surface area (Å²) in [5, 5.41) is 3.78. The number of hydrogen-bond acceptors (Lipinski definition) is 1. The van der Waals surface area contributed by atoms with Crippen molar-refractivity contribution in [2.45, 2.75) is 66.0 Å². The molecule has 1 heteroatoms. The average molecular weight is 245 g/mol. The molecule has 0 spiro atoms. The smallest absolute Gasteiger partial charge is 0.0213 e. The zero-order valence-electron chi connectivity index (χ0n) is 12.3. The van der Waals surface area contributed by atoms with Gasteiger partial charge in [0.25, 0.3) is 0 Å². The molecule has 100 valence electrons. The van der Waals surface area contributed by atoms with Crippen LogP contribution in [0.1, 0.15) is 56.2 Å². The Balaban J connectivity index is 1.95. The van der Waals surface area contributed by atoms with E-state index in [1.54, 1.807) is 0 Å². The number of nitrogens with one attached hydrogen (secondary N) is 1. The maximum Gasteiger partial charge on any atom is 0.0213 e. The minimum Gasteiger partial charge on any atom is -0.310 e. The van der Waals surface area contributed by atoms with E-state index in [1.807, 2.05) is 0 Å². The molecule has 0 saturated heterocycles. The standard InChI is InChI=1S/C17H27N/c1-13-7-5-8-14(2)16(13)12-18-15-9-6-10-17(3,4)11-15/h5,7-8,15,18H,6,9-12H2,1-4H3. The van der Waals surface area contributed by atoms with Gasteiger partial charge in [-0.1, -0.05) is 38.5 Å². The van der Waals surface area contributed by atoms with Gasteiger partial charge in [0, 0.05) is 12.6 Å². The van der Waals surface area contributed by atoms with Crippen LogP contribution < -0.4 is 5.32 Å². The van der Waals surface area contributed by atoms with Crippen LogP contribution in [0.3, 0.4) is 0 Å². The summed E-state index contributed by atoms with van der Waals surface area (Å²) in [5.74, 6) is 0. The lowest BCUT2D eigenvalue weighted by Gasteiger charge is -2.36. The molecule has 0 radical (unpaired) electrons. The summed E-state index contributed by atoms with van der Waals surface area (Å²) in [7, 11) is 0. The summed E-state index contributed by atoms with van der Waals surface area (Å²) in [4.78, 5) is 0. The highest BCUT2D eigenvalue weighted by molar-refractivity contribution is 5.33. The molecule has 18 heavy (non-hydrogen) atoms. The SMILES string of the molecule is Cc1cccc(C)c1CNC1CCCC(C)(C)C1. The van der Waals surface area contributed by atoms with E-state index in [-0.39, 0.29) is 0 Å². The van der Waals surface area contributed by atoms with Crippen LogP contribution in [0.5, 0.6) is 0 Å². The number of hydrogen-bond donors (Lipinski definition) is 1. The van der Waals surface area contributed by atoms with Crippen molar-refractivity contribution in [3.8, 4) is 0 Å². The molecule has 1 aromatic rings. The fourth-order valence-corrected chi connectivity index (χ4v) is 3.25. The van der Waals surface area contributed by atoms with Crippen molar-refractivity contribution >= 4 is 0 Å². The van der Waals surface area contributed by atoms with Gasteiger partial charge in [0.15, 0.2) is 0 Å². The molecule has 0 aliphatic heterocycles. The maximum atomic E-state index is 3.78. The Labute approximate surface area is 112 Å². The monoisotopic (exact) mass is 245 g/mol. The highest BCUT2D eigenvalue weighted by Crippen LogP contribution is 2.35. The fraction of sp³-hybridized carbons (Fsp3) is 0.647. The van der Waals surface area contributed by atoms with E-state index >= 15 is 0 Å². The first-order chi connectivity index (χ1) is 8.48. The van der Waals surface area contributed by atoms with Gasteiger partial charge in [0.1, 0.15) is 0 Å². The van der Waals surface area contributed by atoms with E-state index in [0.29, 0.717) is 11.5 Å². The van der Waals surface area contributed by atoms with Gasteiger partial charge >= 0.3 is 0 Å². The normalized spacial score (nSPS) is 23.0. The Kier molecular flexibility index (Phi) is 4.11. The molecule has 1 unspecified atom stereocenters. The van der Waals surface area contributed by atoms with Crippen LogP contribution in [0.2, 0.25) is 0 Å². The molecule has 1 nitrogen and oxygen atoms in total. The van der Waals surface area contributed by atoms with Crippen LogP contribution in [-0.4, -0.2) is 6.04 Å². The first-order valence-electron chi connectivity index (χ1n) is 7.26. The molecule has 0 amide bonds. The third-order valence-electron chi connectivity index (χ3n) is 4.42. The number of benzene rings is 1. The van der Waals surface area contributed by atoms with Crippen LogP contribution in [0.15, 0.2) is 18.2 Å². The Bertz CT molecular complexity index is 386. The van der Waals surface area contributed by atoms with Crippen LogP contribution in [0.4, 0.5) is 0 Å². The summed E-state index contributed by atoms with van der Waals surface area (Å²) in [6.07, 6.45) is 5.41. The molecule has 1 saturated carbocycles. The van der Waals surface area contributed by atoms with Gasteiger partial charge in [0.05, 0.1) is 0 Å². The molecule has 1 fully saturated rings. The number of aryl methyl sites for hydroxylation is 2. The quantitative estimate of drug-likeness (QED) is 0.834. The fourth-order valence-electron chi connectivity index (χ4n) is 3.25. The molecular formula is C17H27N. The Hall–Kier alpha value is -0.820. The van der Waals surface area contributed by atoms with Gasteiger partial charge in [-0.05, 0) is 55.2 Å². The first kappa shape index (κ1) is 13.6. The molecule has 2 rings (SSSR count). The van der Waals surface area contributed by atoms with E-state index in [0.717, 1.165) is 6.54 Å². The van der Waals surface area contributed by atoms with E-state index in [4.69, 9.17) is 0 Å². The van der Waals surface area contributed by atoms with Gasteiger partial charge in [-0.3, -0.25) is 0 Å². The van der Waals surface area contributed by atoms with Gasteiger partial charge in [-0.15, -0.1) is 0 Å². The highest BCUT2D eigenvalue weighted by atomic mass is 14.9. The molecule has 0 heterocycles. The van der Waals surface area contributed by atoms with Crippen molar-refractivity contribution in [1.82, 2.24) is 5.32 Å². The topological polar surface area (TPSA) is 12.0 Å².